The number of ether oxygens (including phenoxy) is 1. The number of piperidine rings is 1. The summed E-state index contributed by atoms with van der Waals surface area (Å²) in [4.78, 5) is 25.1. The molecule has 1 fully saturated rings. The SMILES string of the molecule is COc1ccc(C)cc1-c1c(C)sc2nc(SC3CCN(C)CC3)[nH]c(=O)c12. The lowest BCUT2D eigenvalue weighted by Crippen LogP contribution is -2.31. The topological polar surface area (TPSA) is 58.2 Å². The molecule has 28 heavy (non-hydrogen) atoms. The highest BCUT2D eigenvalue weighted by molar-refractivity contribution is 7.99. The molecule has 1 N–H and O–H groups in total. The average Bonchev–Trinajstić information content (AvgIpc) is 3.00. The first-order chi connectivity index (χ1) is 13.5. The van der Waals surface area contributed by atoms with Crippen molar-refractivity contribution in [3.8, 4) is 16.9 Å². The number of rotatable bonds is 4. The van der Waals surface area contributed by atoms with Gasteiger partial charge in [-0.1, -0.05) is 23.4 Å². The summed E-state index contributed by atoms with van der Waals surface area (Å²) in [7, 11) is 3.82. The Morgan fingerprint density at radius 3 is 2.75 bits per heavy atom. The molecular weight excluding hydrogens is 390 g/mol. The number of aromatic amines is 1. The Kier molecular flexibility index (Phi) is 5.49. The molecule has 3 aromatic rings. The fourth-order valence-electron chi connectivity index (χ4n) is 3.76. The van der Waals surface area contributed by atoms with Crippen LogP contribution in [0, 0.1) is 13.8 Å². The molecule has 1 aromatic carbocycles. The second-order valence-electron chi connectivity index (χ2n) is 7.41. The quantitative estimate of drug-likeness (QED) is 0.638. The Morgan fingerprint density at radius 2 is 2.04 bits per heavy atom. The van der Waals surface area contributed by atoms with Crippen molar-refractivity contribution in [2.45, 2.75) is 37.1 Å². The van der Waals surface area contributed by atoms with Crippen molar-refractivity contribution in [3.63, 3.8) is 0 Å². The highest BCUT2D eigenvalue weighted by Gasteiger charge is 2.22. The number of thiophene rings is 1. The van der Waals surface area contributed by atoms with Crippen LogP contribution in [0.25, 0.3) is 21.3 Å². The smallest absolute Gasteiger partial charge is 0.260 e. The van der Waals surface area contributed by atoms with E-state index in [1.165, 1.54) is 0 Å². The molecule has 0 spiro atoms. The van der Waals surface area contributed by atoms with E-state index in [1.54, 1.807) is 30.2 Å². The van der Waals surface area contributed by atoms with E-state index in [4.69, 9.17) is 9.72 Å². The predicted molar refractivity (Wildman–Crippen MR) is 118 cm³/mol. The van der Waals surface area contributed by atoms with Crippen molar-refractivity contribution in [3.05, 3.63) is 39.0 Å². The van der Waals surface area contributed by atoms with E-state index >= 15 is 0 Å². The van der Waals surface area contributed by atoms with Gasteiger partial charge < -0.3 is 14.6 Å². The highest BCUT2D eigenvalue weighted by Crippen LogP contribution is 2.41. The number of nitrogens with one attached hydrogen (secondary N) is 1. The van der Waals surface area contributed by atoms with E-state index in [2.05, 4.69) is 23.0 Å². The molecular formula is C21H25N3O2S2. The van der Waals surface area contributed by atoms with Gasteiger partial charge in [0.25, 0.3) is 5.56 Å². The molecule has 0 radical (unpaired) electrons. The Morgan fingerprint density at radius 1 is 1.29 bits per heavy atom. The summed E-state index contributed by atoms with van der Waals surface area (Å²) in [5.74, 6) is 0.776. The molecule has 148 valence electrons. The molecule has 0 amide bonds. The summed E-state index contributed by atoms with van der Waals surface area (Å²) in [6.07, 6.45) is 2.25. The van der Waals surface area contributed by atoms with Crippen LogP contribution in [0.3, 0.4) is 0 Å². The molecule has 3 heterocycles. The Balaban J connectivity index is 1.76. The van der Waals surface area contributed by atoms with Gasteiger partial charge in [-0.05, 0) is 59.0 Å². The van der Waals surface area contributed by atoms with Gasteiger partial charge in [0.15, 0.2) is 5.16 Å². The number of H-pyrrole nitrogens is 1. The number of hydrogen-bond donors (Lipinski definition) is 1. The number of benzene rings is 1. The molecule has 7 heteroatoms. The summed E-state index contributed by atoms with van der Waals surface area (Å²) in [5.41, 5.74) is 2.95. The number of fused-ring (bicyclic) bond motifs is 1. The summed E-state index contributed by atoms with van der Waals surface area (Å²) in [5, 5.41) is 1.91. The maximum absolute atomic E-state index is 13.0. The van der Waals surface area contributed by atoms with Crippen LogP contribution in [0.5, 0.6) is 5.75 Å². The zero-order valence-corrected chi connectivity index (χ0v) is 18.3. The molecule has 0 atom stereocenters. The normalized spacial score (nSPS) is 16.0. The summed E-state index contributed by atoms with van der Waals surface area (Å²) < 4.78 is 5.56. The van der Waals surface area contributed by atoms with Gasteiger partial charge >= 0.3 is 0 Å². The Labute approximate surface area is 173 Å². The van der Waals surface area contributed by atoms with Gasteiger partial charge in [0.05, 0.1) is 12.5 Å². The zero-order chi connectivity index (χ0) is 19.8. The number of thioether (sulfide) groups is 1. The van der Waals surface area contributed by atoms with Crippen LogP contribution in [0.4, 0.5) is 0 Å². The van der Waals surface area contributed by atoms with Crippen LogP contribution in [0.15, 0.2) is 28.2 Å². The van der Waals surface area contributed by atoms with Gasteiger partial charge in [0.2, 0.25) is 0 Å². The Bertz CT molecular complexity index is 1070. The molecule has 1 aliphatic rings. The van der Waals surface area contributed by atoms with Crippen molar-refractivity contribution in [1.82, 2.24) is 14.9 Å². The van der Waals surface area contributed by atoms with Crippen LogP contribution >= 0.6 is 23.1 Å². The fourth-order valence-corrected chi connectivity index (χ4v) is 5.91. The molecule has 5 nitrogen and oxygen atoms in total. The Hall–Kier alpha value is -1.83. The first kappa shape index (κ1) is 19.5. The van der Waals surface area contributed by atoms with E-state index in [-0.39, 0.29) is 5.56 Å². The molecule has 0 unspecified atom stereocenters. The van der Waals surface area contributed by atoms with Gasteiger partial charge in [-0.25, -0.2) is 4.98 Å². The molecule has 0 saturated carbocycles. The number of aryl methyl sites for hydroxylation is 2. The van der Waals surface area contributed by atoms with Gasteiger partial charge in [-0.3, -0.25) is 4.79 Å². The number of hydrogen-bond acceptors (Lipinski definition) is 6. The minimum Gasteiger partial charge on any atom is -0.496 e. The van der Waals surface area contributed by atoms with Crippen molar-refractivity contribution in [2.75, 3.05) is 27.2 Å². The van der Waals surface area contributed by atoms with E-state index in [0.29, 0.717) is 10.6 Å². The van der Waals surface area contributed by atoms with Crippen LogP contribution < -0.4 is 10.3 Å². The molecule has 1 aliphatic heterocycles. The maximum atomic E-state index is 13.0. The minimum absolute atomic E-state index is 0.0664. The molecule has 1 saturated heterocycles. The average molecular weight is 416 g/mol. The van der Waals surface area contributed by atoms with Crippen LogP contribution in [0.2, 0.25) is 0 Å². The van der Waals surface area contributed by atoms with Crippen molar-refractivity contribution >= 4 is 33.3 Å². The minimum atomic E-state index is -0.0664. The fraction of sp³-hybridized carbons (Fsp3) is 0.429. The second kappa shape index (κ2) is 7.89. The highest BCUT2D eigenvalue weighted by atomic mass is 32.2. The predicted octanol–water partition coefficient (Wildman–Crippen LogP) is 4.46. The number of aromatic nitrogens is 2. The van der Waals surface area contributed by atoms with Crippen molar-refractivity contribution in [2.24, 2.45) is 0 Å². The third-order valence-corrected chi connectivity index (χ3v) is 7.50. The second-order valence-corrected chi connectivity index (χ2v) is 9.90. The van der Waals surface area contributed by atoms with Gasteiger partial charge in [-0.15, -0.1) is 11.3 Å². The lowest BCUT2D eigenvalue weighted by atomic mass is 10.0. The van der Waals surface area contributed by atoms with Gasteiger partial charge in [-0.2, -0.15) is 0 Å². The van der Waals surface area contributed by atoms with E-state index in [1.807, 2.05) is 26.0 Å². The first-order valence-corrected chi connectivity index (χ1v) is 11.2. The standard InChI is InChI=1S/C21H25N3O2S2/c1-12-5-6-16(26-4)15(11-12)17-13(2)27-20-18(17)19(25)22-21(23-20)28-14-7-9-24(3)10-8-14/h5-6,11,14H,7-10H2,1-4H3,(H,22,23,25). The lowest BCUT2D eigenvalue weighted by Gasteiger charge is -2.27. The van der Waals surface area contributed by atoms with Crippen molar-refractivity contribution in [1.29, 1.82) is 0 Å². The molecule has 0 aliphatic carbocycles. The van der Waals surface area contributed by atoms with E-state index in [9.17, 15) is 4.79 Å². The first-order valence-electron chi connectivity index (χ1n) is 9.50. The number of methoxy groups -OCH3 is 1. The lowest BCUT2D eigenvalue weighted by molar-refractivity contribution is 0.282. The summed E-state index contributed by atoms with van der Waals surface area (Å²) >= 11 is 3.29. The number of likely N-dealkylation sites (tertiary alicyclic amines) is 1. The molecule has 4 rings (SSSR count). The molecule has 0 bridgehead atoms. The van der Waals surface area contributed by atoms with Crippen LogP contribution in [0.1, 0.15) is 23.3 Å². The third-order valence-electron chi connectivity index (χ3n) is 5.28. The van der Waals surface area contributed by atoms with Gasteiger partial charge in [0, 0.05) is 21.3 Å². The van der Waals surface area contributed by atoms with Crippen molar-refractivity contribution < 1.29 is 4.74 Å². The van der Waals surface area contributed by atoms with E-state index < -0.39 is 0 Å². The van der Waals surface area contributed by atoms with E-state index in [0.717, 1.165) is 63.2 Å². The largest absolute Gasteiger partial charge is 0.496 e. The van der Waals surface area contributed by atoms with Crippen LogP contribution in [-0.2, 0) is 0 Å². The third kappa shape index (κ3) is 3.71. The zero-order valence-electron chi connectivity index (χ0n) is 16.7. The molecule has 2 aromatic heterocycles. The number of nitrogens with zero attached hydrogens (tertiary/aromatic N) is 2. The maximum Gasteiger partial charge on any atom is 0.260 e. The van der Waals surface area contributed by atoms with Gasteiger partial charge in [0.1, 0.15) is 10.6 Å². The summed E-state index contributed by atoms with van der Waals surface area (Å²) in [6.45, 7) is 6.29. The monoisotopic (exact) mass is 415 g/mol. The summed E-state index contributed by atoms with van der Waals surface area (Å²) in [6, 6.07) is 6.05. The van der Waals surface area contributed by atoms with Crippen LogP contribution in [-0.4, -0.2) is 47.4 Å².